The smallest absolute Gasteiger partial charge is 0.308 e. The van der Waals surface area contributed by atoms with E-state index in [1.54, 1.807) is 0 Å². The Morgan fingerprint density at radius 1 is 0.632 bits per heavy atom. The first-order valence-corrected chi connectivity index (χ1v) is 16.2. The predicted molar refractivity (Wildman–Crippen MR) is 160 cm³/mol. The highest BCUT2D eigenvalue weighted by Gasteiger charge is 2.34. The molecule has 1 saturated carbocycles. The van der Waals surface area contributed by atoms with Crippen LogP contribution in [0.3, 0.4) is 0 Å². The maximum absolute atomic E-state index is 12.8. The Hall–Kier alpha value is -1.06. The molecule has 1 fully saturated rings. The van der Waals surface area contributed by atoms with E-state index in [0.717, 1.165) is 38.5 Å². The maximum atomic E-state index is 12.8. The third-order valence-corrected chi connectivity index (χ3v) is 8.51. The fraction of sp³-hybridized carbons (Fsp3) is 0.941. The number of ether oxygens (including phenoxy) is 2. The molecule has 4 nitrogen and oxygen atoms in total. The Morgan fingerprint density at radius 3 is 1.29 bits per heavy atom. The first-order chi connectivity index (χ1) is 17.9. The van der Waals surface area contributed by atoms with E-state index in [0.29, 0.717) is 25.0 Å². The number of rotatable bonds is 20. The summed E-state index contributed by atoms with van der Waals surface area (Å²) in [4.78, 5) is 25.6. The zero-order chi connectivity index (χ0) is 28.6. The van der Waals surface area contributed by atoms with Crippen molar-refractivity contribution in [3.8, 4) is 0 Å². The van der Waals surface area contributed by atoms with Crippen molar-refractivity contribution in [2.24, 2.45) is 34.5 Å². The molecule has 2 atom stereocenters. The second-order valence-electron chi connectivity index (χ2n) is 14.4. The van der Waals surface area contributed by atoms with Gasteiger partial charge in [0.05, 0.1) is 25.0 Å². The number of carbonyl (C=O) groups excluding carboxylic acids is 2. The Kier molecular flexibility index (Phi) is 16.9. The van der Waals surface area contributed by atoms with Crippen LogP contribution in [0.2, 0.25) is 0 Å². The highest BCUT2D eigenvalue weighted by molar-refractivity contribution is 5.75. The van der Waals surface area contributed by atoms with Gasteiger partial charge in [-0.1, -0.05) is 120 Å². The lowest BCUT2D eigenvalue weighted by molar-refractivity contribution is -0.158. The average Bonchev–Trinajstić information content (AvgIpc) is 2.86. The van der Waals surface area contributed by atoms with Crippen LogP contribution in [0.25, 0.3) is 0 Å². The molecule has 1 aliphatic carbocycles. The highest BCUT2D eigenvalue weighted by Crippen LogP contribution is 2.34. The van der Waals surface area contributed by atoms with Crippen LogP contribution in [0.15, 0.2) is 0 Å². The van der Waals surface area contributed by atoms with Gasteiger partial charge in [0.2, 0.25) is 0 Å². The third-order valence-electron chi connectivity index (χ3n) is 8.51. The average molecular weight is 537 g/mol. The molecule has 0 radical (unpaired) electrons. The topological polar surface area (TPSA) is 52.6 Å². The van der Waals surface area contributed by atoms with E-state index in [1.165, 1.54) is 64.2 Å². The number of hydrogen-bond acceptors (Lipinski definition) is 4. The molecular formula is C34H64O4. The molecule has 1 rings (SSSR count). The van der Waals surface area contributed by atoms with E-state index in [2.05, 4.69) is 55.4 Å². The summed E-state index contributed by atoms with van der Waals surface area (Å²) in [5, 5.41) is 0. The standard InChI is InChI=1S/C34H64O4/c1-9-11-13-15-17-27(3)23-33(5,6)25-37-31(35)29-19-21-30(22-20-29)32(36)38-26-34(7,8)24-28(4)18-16-14-12-10-2/h27-30H,9-26H2,1-8H3. The van der Waals surface area contributed by atoms with Crippen molar-refractivity contribution in [2.75, 3.05) is 13.2 Å². The lowest BCUT2D eigenvalue weighted by atomic mass is 9.81. The maximum Gasteiger partial charge on any atom is 0.308 e. The molecule has 2 unspecified atom stereocenters. The summed E-state index contributed by atoms with van der Waals surface area (Å²) in [6.07, 6.45) is 18.0. The van der Waals surface area contributed by atoms with Gasteiger partial charge < -0.3 is 9.47 Å². The van der Waals surface area contributed by atoms with Crippen LogP contribution >= 0.6 is 0 Å². The first-order valence-electron chi connectivity index (χ1n) is 16.2. The van der Waals surface area contributed by atoms with Crippen LogP contribution in [0.1, 0.15) is 158 Å². The molecule has 0 heterocycles. The minimum absolute atomic E-state index is 0.000643. The van der Waals surface area contributed by atoms with Gasteiger partial charge >= 0.3 is 11.9 Å². The predicted octanol–water partition coefficient (Wildman–Crippen LogP) is 9.92. The normalized spacial score (nSPS) is 20.1. The van der Waals surface area contributed by atoms with E-state index in [-0.39, 0.29) is 34.6 Å². The van der Waals surface area contributed by atoms with Gasteiger partial charge in [0.1, 0.15) is 0 Å². The lowest BCUT2D eigenvalue weighted by Gasteiger charge is -2.31. The molecule has 0 aliphatic heterocycles. The molecule has 4 heteroatoms. The number of carbonyl (C=O) groups is 2. The Labute approximate surface area is 236 Å². The van der Waals surface area contributed by atoms with Crippen LogP contribution in [0.5, 0.6) is 0 Å². The van der Waals surface area contributed by atoms with Crippen molar-refractivity contribution < 1.29 is 19.1 Å². The Morgan fingerprint density at radius 2 is 0.974 bits per heavy atom. The van der Waals surface area contributed by atoms with Gasteiger partial charge in [-0.2, -0.15) is 0 Å². The zero-order valence-electron chi connectivity index (χ0n) is 26.7. The van der Waals surface area contributed by atoms with Crippen molar-refractivity contribution in [1.29, 1.82) is 0 Å². The van der Waals surface area contributed by atoms with Crippen molar-refractivity contribution in [3.05, 3.63) is 0 Å². The molecule has 1 aliphatic rings. The third kappa shape index (κ3) is 15.5. The fourth-order valence-electron chi connectivity index (χ4n) is 6.38. The van der Waals surface area contributed by atoms with E-state index in [9.17, 15) is 9.59 Å². The van der Waals surface area contributed by atoms with Crippen molar-refractivity contribution >= 4 is 11.9 Å². The molecule has 0 saturated heterocycles. The summed E-state index contributed by atoms with van der Waals surface area (Å²) in [6.45, 7) is 19.0. The molecule has 224 valence electrons. The number of hydrogen-bond donors (Lipinski definition) is 0. The van der Waals surface area contributed by atoms with Crippen molar-refractivity contribution in [3.63, 3.8) is 0 Å². The molecule has 0 bridgehead atoms. The summed E-state index contributed by atoms with van der Waals surface area (Å²) in [5.41, 5.74) is 0.00129. The van der Waals surface area contributed by atoms with Crippen LogP contribution in [0, 0.1) is 34.5 Å². The van der Waals surface area contributed by atoms with Gasteiger partial charge in [-0.3, -0.25) is 9.59 Å². The lowest BCUT2D eigenvalue weighted by Crippen LogP contribution is -2.32. The summed E-state index contributed by atoms with van der Waals surface area (Å²) in [6, 6.07) is 0. The van der Waals surface area contributed by atoms with Crippen molar-refractivity contribution in [2.45, 2.75) is 158 Å². The van der Waals surface area contributed by atoms with Gasteiger partial charge in [-0.15, -0.1) is 0 Å². The van der Waals surface area contributed by atoms with Gasteiger partial charge in [-0.05, 0) is 61.2 Å². The fourth-order valence-corrected chi connectivity index (χ4v) is 6.38. The summed E-state index contributed by atoms with van der Waals surface area (Å²) in [7, 11) is 0. The summed E-state index contributed by atoms with van der Waals surface area (Å²) >= 11 is 0. The molecule has 0 spiro atoms. The molecular weight excluding hydrogens is 472 g/mol. The molecule has 0 amide bonds. The molecule has 0 aromatic rings. The van der Waals surface area contributed by atoms with Gasteiger partial charge in [0, 0.05) is 0 Å². The van der Waals surface area contributed by atoms with Gasteiger partial charge in [0.15, 0.2) is 0 Å². The summed E-state index contributed by atoms with van der Waals surface area (Å²) in [5.74, 6) is 1.00. The van der Waals surface area contributed by atoms with Gasteiger partial charge in [0.25, 0.3) is 0 Å². The minimum Gasteiger partial charge on any atom is -0.465 e. The summed E-state index contributed by atoms with van der Waals surface area (Å²) < 4.78 is 11.6. The van der Waals surface area contributed by atoms with Crippen LogP contribution in [-0.4, -0.2) is 25.2 Å². The molecule has 0 aromatic heterocycles. The van der Waals surface area contributed by atoms with E-state index >= 15 is 0 Å². The Balaban J connectivity index is 2.32. The van der Waals surface area contributed by atoms with Crippen LogP contribution in [-0.2, 0) is 19.1 Å². The Bertz CT molecular complexity index is 589. The second-order valence-corrected chi connectivity index (χ2v) is 14.4. The molecule has 0 N–H and O–H groups in total. The largest absolute Gasteiger partial charge is 0.465 e. The molecule has 38 heavy (non-hydrogen) atoms. The quantitative estimate of drug-likeness (QED) is 0.115. The molecule has 0 aromatic carbocycles. The number of esters is 2. The monoisotopic (exact) mass is 536 g/mol. The van der Waals surface area contributed by atoms with Crippen LogP contribution in [0.4, 0.5) is 0 Å². The van der Waals surface area contributed by atoms with E-state index < -0.39 is 0 Å². The van der Waals surface area contributed by atoms with Crippen LogP contribution < -0.4 is 0 Å². The second kappa shape index (κ2) is 18.3. The highest BCUT2D eigenvalue weighted by atomic mass is 16.5. The zero-order valence-corrected chi connectivity index (χ0v) is 26.7. The first kappa shape index (κ1) is 35.0. The van der Waals surface area contributed by atoms with Crippen molar-refractivity contribution in [1.82, 2.24) is 0 Å². The minimum atomic E-state index is -0.0775. The van der Waals surface area contributed by atoms with Gasteiger partial charge in [-0.25, -0.2) is 0 Å². The SMILES string of the molecule is CCCCCCC(C)CC(C)(C)COC(=O)C1CCC(C(=O)OCC(C)(C)CC(C)CCCCCC)CC1. The van der Waals surface area contributed by atoms with E-state index in [4.69, 9.17) is 9.47 Å². The number of unbranched alkanes of at least 4 members (excludes halogenated alkanes) is 6. The van der Waals surface area contributed by atoms with E-state index in [1.807, 2.05) is 0 Å².